The van der Waals surface area contributed by atoms with Crippen molar-refractivity contribution in [3.63, 3.8) is 0 Å². The van der Waals surface area contributed by atoms with Gasteiger partial charge in [-0.2, -0.15) is 4.31 Å². The Hall–Kier alpha value is -2.22. The van der Waals surface area contributed by atoms with Crippen molar-refractivity contribution in [2.24, 2.45) is 0 Å². The quantitative estimate of drug-likeness (QED) is 0.752. The summed E-state index contributed by atoms with van der Waals surface area (Å²) in [5, 5.41) is 2.88. The van der Waals surface area contributed by atoms with Crippen molar-refractivity contribution in [3.05, 3.63) is 60.2 Å². The molecule has 0 aliphatic carbocycles. The Morgan fingerprint density at radius 2 is 1.79 bits per heavy atom. The number of anilines is 1. The molecule has 1 aliphatic rings. The van der Waals surface area contributed by atoms with Gasteiger partial charge in [0.05, 0.1) is 11.4 Å². The minimum Gasteiger partial charge on any atom is -0.325 e. The molecule has 7 heteroatoms. The molecule has 0 radical (unpaired) electrons. The second kappa shape index (κ2) is 9.07. The first kappa shape index (κ1) is 21.5. The van der Waals surface area contributed by atoms with E-state index in [-0.39, 0.29) is 22.9 Å². The van der Waals surface area contributed by atoms with Crippen molar-refractivity contribution >= 4 is 21.6 Å². The lowest BCUT2D eigenvalue weighted by molar-refractivity contribution is -0.117. The summed E-state index contributed by atoms with van der Waals surface area (Å²) in [6.07, 6.45) is 2.12. The van der Waals surface area contributed by atoms with E-state index in [1.807, 2.05) is 32.0 Å². The van der Waals surface area contributed by atoms with Crippen molar-refractivity contribution in [1.29, 1.82) is 0 Å². The van der Waals surface area contributed by atoms with Crippen LogP contribution in [0.2, 0.25) is 0 Å². The fourth-order valence-electron chi connectivity index (χ4n) is 3.61. The highest BCUT2D eigenvalue weighted by Gasteiger charge is 2.27. The Balaban J connectivity index is 1.62. The molecule has 1 saturated heterocycles. The van der Waals surface area contributed by atoms with Gasteiger partial charge in [0, 0.05) is 24.8 Å². The van der Waals surface area contributed by atoms with E-state index in [0.717, 1.165) is 19.4 Å². The predicted octanol–water partition coefficient (Wildman–Crippen LogP) is 3.49. The summed E-state index contributed by atoms with van der Waals surface area (Å²) in [5.74, 6) is -0.0947. The second-order valence-corrected chi connectivity index (χ2v) is 9.72. The molecule has 2 aromatic rings. The fourth-order valence-corrected chi connectivity index (χ4v) is 4.97. The number of carbonyl (C=O) groups is 1. The smallest absolute Gasteiger partial charge is 0.243 e. The number of nitrogens with one attached hydrogen (secondary N) is 1. The maximum atomic E-state index is 12.5. The van der Waals surface area contributed by atoms with Crippen LogP contribution in [0, 0.1) is 0 Å². The van der Waals surface area contributed by atoms with E-state index in [0.29, 0.717) is 12.2 Å². The molecule has 0 spiro atoms. The van der Waals surface area contributed by atoms with Crippen molar-refractivity contribution in [2.45, 2.75) is 43.7 Å². The predicted molar refractivity (Wildman–Crippen MR) is 115 cm³/mol. The van der Waals surface area contributed by atoms with E-state index in [1.165, 1.54) is 22.0 Å². The van der Waals surface area contributed by atoms with Gasteiger partial charge in [0.1, 0.15) is 0 Å². The fraction of sp³-hybridized carbons (Fsp3) is 0.409. The Morgan fingerprint density at radius 3 is 2.41 bits per heavy atom. The van der Waals surface area contributed by atoms with Gasteiger partial charge in [-0.05, 0) is 63.1 Å². The number of rotatable bonds is 7. The zero-order valence-corrected chi connectivity index (χ0v) is 18.0. The van der Waals surface area contributed by atoms with Crippen LogP contribution in [0.15, 0.2) is 59.5 Å². The highest BCUT2D eigenvalue weighted by molar-refractivity contribution is 7.89. The van der Waals surface area contributed by atoms with E-state index < -0.39 is 10.0 Å². The topological polar surface area (TPSA) is 69.7 Å². The van der Waals surface area contributed by atoms with Crippen LogP contribution in [0.4, 0.5) is 5.69 Å². The molecule has 2 aromatic carbocycles. The standard InChI is InChI=1S/C22H29N3O3S/c1-17(2)24(3)29(27,28)20-13-11-19(12-14-20)23-22(26)16-25-15-7-10-21(25)18-8-5-4-6-9-18/h4-6,8-9,11-14,17,21H,7,10,15-16H2,1-3H3,(H,23,26). The number of hydrogen-bond donors (Lipinski definition) is 1. The number of sulfonamides is 1. The molecule has 0 bridgehead atoms. The van der Waals surface area contributed by atoms with Crippen LogP contribution in [0.3, 0.4) is 0 Å². The highest BCUT2D eigenvalue weighted by Crippen LogP contribution is 2.31. The summed E-state index contributed by atoms with van der Waals surface area (Å²) >= 11 is 0. The van der Waals surface area contributed by atoms with Crippen LogP contribution in [0.1, 0.15) is 38.3 Å². The van der Waals surface area contributed by atoms with Gasteiger partial charge in [-0.1, -0.05) is 30.3 Å². The zero-order valence-electron chi connectivity index (χ0n) is 17.2. The minimum absolute atomic E-state index is 0.0947. The highest BCUT2D eigenvalue weighted by atomic mass is 32.2. The summed E-state index contributed by atoms with van der Waals surface area (Å²) in [4.78, 5) is 15.0. The van der Waals surface area contributed by atoms with Gasteiger partial charge in [0.25, 0.3) is 0 Å². The van der Waals surface area contributed by atoms with Gasteiger partial charge in [0.2, 0.25) is 15.9 Å². The molecule has 0 aromatic heterocycles. The summed E-state index contributed by atoms with van der Waals surface area (Å²) in [6.45, 7) is 4.86. The van der Waals surface area contributed by atoms with Crippen LogP contribution in [0.5, 0.6) is 0 Å². The molecule has 0 saturated carbocycles. The molecule has 1 N–H and O–H groups in total. The van der Waals surface area contributed by atoms with Gasteiger partial charge in [-0.3, -0.25) is 9.69 Å². The maximum absolute atomic E-state index is 12.5. The van der Waals surface area contributed by atoms with Crippen LogP contribution < -0.4 is 5.32 Å². The number of nitrogens with zero attached hydrogens (tertiary/aromatic N) is 2. The lowest BCUT2D eigenvalue weighted by Crippen LogP contribution is -2.33. The van der Waals surface area contributed by atoms with E-state index in [2.05, 4.69) is 22.3 Å². The first-order chi connectivity index (χ1) is 13.8. The first-order valence-electron chi connectivity index (χ1n) is 9.96. The average molecular weight is 416 g/mol. The van der Waals surface area contributed by atoms with E-state index >= 15 is 0 Å². The third-order valence-corrected chi connectivity index (χ3v) is 7.48. The maximum Gasteiger partial charge on any atom is 0.243 e. The minimum atomic E-state index is -3.53. The third-order valence-electron chi connectivity index (χ3n) is 5.44. The second-order valence-electron chi connectivity index (χ2n) is 7.73. The molecule has 6 nitrogen and oxygen atoms in total. The Labute approximate surface area is 173 Å². The largest absolute Gasteiger partial charge is 0.325 e. The van der Waals surface area contributed by atoms with Gasteiger partial charge in [0.15, 0.2) is 0 Å². The van der Waals surface area contributed by atoms with Gasteiger partial charge < -0.3 is 5.32 Å². The number of carbonyl (C=O) groups excluding carboxylic acids is 1. The van der Waals surface area contributed by atoms with Gasteiger partial charge in [-0.25, -0.2) is 8.42 Å². The molecule has 3 rings (SSSR count). The summed E-state index contributed by atoms with van der Waals surface area (Å²) < 4.78 is 26.4. The van der Waals surface area contributed by atoms with Crippen molar-refractivity contribution in [3.8, 4) is 0 Å². The Morgan fingerprint density at radius 1 is 1.14 bits per heavy atom. The number of likely N-dealkylation sites (tertiary alicyclic amines) is 1. The molecule has 1 heterocycles. The molecule has 1 unspecified atom stereocenters. The molecular weight excluding hydrogens is 386 g/mol. The lowest BCUT2D eigenvalue weighted by Gasteiger charge is -2.24. The van der Waals surface area contributed by atoms with Gasteiger partial charge in [-0.15, -0.1) is 0 Å². The summed E-state index contributed by atoms with van der Waals surface area (Å²) in [5.41, 5.74) is 1.83. The van der Waals surface area contributed by atoms with Crippen molar-refractivity contribution in [1.82, 2.24) is 9.21 Å². The normalized spacial score (nSPS) is 17.8. The molecule has 1 aliphatic heterocycles. The number of amides is 1. The van der Waals surface area contributed by atoms with E-state index in [1.54, 1.807) is 19.2 Å². The van der Waals surface area contributed by atoms with Crippen LogP contribution in [-0.2, 0) is 14.8 Å². The van der Waals surface area contributed by atoms with Crippen LogP contribution in [0.25, 0.3) is 0 Å². The van der Waals surface area contributed by atoms with Crippen molar-refractivity contribution in [2.75, 3.05) is 25.5 Å². The number of benzene rings is 2. The molecule has 1 fully saturated rings. The van der Waals surface area contributed by atoms with Crippen LogP contribution in [-0.4, -0.2) is 49.7 Å². The molecule has 29 heavy (non-hydrogen) atoms. The SMILES string of the molecule is CC(C)N(C)S(=O)(=O)c1ccc(NC(=O)CN2CCCC2c2ccccc2)cc1. The van der Waals surface area contributed by atoms with Gasteiger partial charge >= 0.3 is 0 Å². The summed E-state index contributed by atoms with van der Waals surface area (Å²) in [7, 11) is -1.96. The van der Waals surface area contributed by atoms with E-state index in [4.69, 9.17) is 0 Å². The molecule has 1 atom stereocenters. The van der Waals surface area contributed by atoms with Crippen LogP contribution >= 0.6 is 0 Å². The lowest BCUT2D eigenvalue weighted by atomic mass is 10.0. The van der Waals surface area contributed by atoms with E-state index in [9.17, 15) is 13.2 Å². The van der Waals surface area contributed by atoms with Crippen molar-refractivity contribution < 1.29 is 13.2 Å². The average Bonchev–Trinajstić information content (AvgIpc) is 3.16. The molecule has 156 valence electrons. The Kier molecular flexibility index (Phi) is 6.72. The zero-order chi connectivity index (χ0) is 21.0. The monoisotopic (exact) mass is 415 g/mol. The Bertz CT molecular complexity index is 928. The molecule has 1 amide bonds. The third kappa shape index (κ3) is 5.04. The molecular formula is C22H29N3O3S. The number of hydrogen-bond acceptors (Lipinski definition) is 4. The summed E-state index contributed by atoms with van der Waals surface area (Å²) in [6, 6.07) is 16.7. The first-order valence-corrected chi connectivity index (χ1v) is 11.4.